The van der Waals surface area contributed by atoms with Gasteiger partial charge in [0.05, 0.1) is 16.8 Å². The first kappa shape index (κ1) is 41.2. The van der Waals surface area contributed by atoms with Crippen LogP contribution in [0.1, 0.15) is 90.8 Å². The Bertz CT molecular complexity index is 2840. The van der Waals surface area contributed by atoms with Gasteiger partial charge in [0, 0.05) is 66.5 Å². The maximum atomic E-state index is 13.0. The highest BCUT2D eigenvalue weighted by atomic mass is 16.3. The number of piperidine rings is 2. The maximum Gasteiger partial charge on any atom is 0.261 e. The summed E-state index contributed by atoms with van der Waals surface area (Å²) in [4.78, 5) is 60.5. The molecule has 2 aromatic heterocycles. The number of nitrogens with one attached hydrogen (secondary N) is 3. The van der Waals surface area contributed by atoms with E-state index >= 15 is 0 Å². The number of likely N-dealkylation sites (N-methyl/N-ethyl adjacent to an activating group) is 2. The summed E-state index contributed by atoms with van der Waals surface area (Å²) in [6.45, 7) is 3.38. The van der Waals surface area contributed by atoms with Crippen LogP contribution in [0, 0.1) is 0 Å². The molecule has 326 valence electrons. The molecule has 2 fully saturated rings. The molecule has 0 spiro atoms. The van der Waals surface area contributed by atoms with E-state index in [9.17, 15) is 39.6 Å². The number of phenols is 2. The Hall–Kier alpha value is -5.86. The van der Waals surface area contributed by atoms with Gasteiger partial charge in [0.1, 0.15) is 17.1 Å². The summed E-state index contributed by atoms with van der Waals surface area (Å²) >= 11 is 0. The molecular formula is C50H53N5O8. The zero-order valence-electron chi connectivity index (χ0n) is 35.8. The summed E-state index contributed by atoms with van der Waals surface area (Å²) in [5.74, 6) is -0.324. The Morgan fingerprint density at radius 3 is 1.63 bits per heavy atom. The summed E-state index contributed by atoms with van der Waals surface area (Å²) in [6.07, 6.45) is 4.52. The second-order valence-corrected chi connectivity index (χ2v) is 19.1. The van der Waals surface area contributed by atoms with Gasteiger partial charge >= 0.3 is 0 Å². The Kier molecular flexibility index (Phi) is 9.54. The fourth-order valence-corrected chi connectivity index (χ4v) is 12.6. The Morgan fingerprint density at radius 2 is 1.14 bits per heavy atom. The molecule has 4 heterocycles. The van der Waals surface area contributed by atoms with Gasteiger partial charge in [-0.15, -0.1) is 0 Å². The van der Waals surface area contributed by atoms with Crippen LogP contribution in [0.15, 0.2) is 88.5 Å². The molecule has 5 aromatic rings. The fraction of sp³-hybridized carbons (Fsp3) is 0.400. The number of fused-ring (bicyclic) bond motifs is 4. The number of carbonyl (C=O) groups excluding carboxylic acids is 2. The number of aromatic hydroxyl groups is 2. The molecule has 13 nitrogen and oxygen atoms in total. The number of aromatic nitrogens is 2. The van der Waals surface area contributed by atoms with Gasteiger partial charge in [-0.3, -0.25) is 19.2 Å². The standard InChI is InChI=1S/C28H29N3O4.C22H24N2O4/c1-31-10-9-27-15-23-19(14-28(27,35)24(31)12-18-7-8-20(32)13-22(18)27)11-21(26(34)30-23)25(33)29-16-17-5-3-2-4-6-17;1-12(25)16-7-14-10-22(28)19-8-13-3-4-15(26)9-17(13)21(22,5-6-24(19)2)11-18(14)23-20(16)27/h2-8,11,13,24,32,35H,9-10,12,14-16H2,1H3,(H,29,33)(H,30,34);3-4,7,9,19,26,28H,5-6,8,10-11H2,1-2H3,(H,23,27)/t24-,27-,28-;19-,21-,22-/m11/s1. The largest absolute Gasteiger partial charge is 0.508 e. The van der Waals surface area contributed by atoms with Gasteiger partial charge in [-0.1, -0.05) is 42.5 Å². The first-order valence-electron chi connectivity index (χ1n) is 21.9. The number of Topliss-reactive ketones (excluding diaryl/α,β-unsaturated/α-hetero) is 1. The van der Waals surface area contributed by atoms with E-state index in [0.29, 0.717) is 51.5 Å². The number of phenolic OH excluding ortho intramolecular Hbond substituents is 2. The minimum Gasteiger partial charge on any atom is -0.508 e. The van der Waals surface area contributed by atoms with Crippen LogP contribution < -0.4 is 16.4 Å². The molecular weight excluding hydrogens is 799 g/mol. The normalized spacial score (nSPS) is 28.7. The molecule has 3 aromatic carbocycles. The van der Waals surface area contributed by atoms with Gasteiger partial charge < -0.3 is 45.5 Å². The number of likely N-dealkylation sites (tertiary alicyclic amines) is 2. The number of carbonyl (C=O) groups is 2. The van der Waals surface area contributed by atoms with E-state index in [-0.39, 0.29) is 46.1 Å². The third-order valence-corrected chi connectivity index (χ3v) is 15.9. The van der Waals surface area contributed by atoms with E-state index in [1.54, 1.807) is 36.4 Å². The van der Waals surface area contributed by atoms with Crippen molar-refractivity contribution < 1.29 is 30.0 Å². The molecule has 1 amide bonds. The van der Waals surface area contributed by atoms with Crippen LogP contribution in [0.5, 0.6) is 11.5 Å². The van der Waals surface area contributed by atoms with Crippen molar-refractivity contribution in [3.05, 3.63) is 161 Å². The predicted octanol–water partition coefficient (Wildman–Crippen LogP) is 3.35. The minimum absolute atomic E-state index is 0.0563. The van der Waals surface area contributed by atoms with E-state index < -0.39 is 33.5 Å². The van der Waals surface area contributed by atoms with Crippen molar-refractivity contribution in [3.63, 3.8) is 0 Å². The van der Waals surface area contributed by atoms with E-state index in [4.69, 9.17) is 0 Å². The number of aliphatic hydroxyl groups is 2. The van der Waals surface area contributed by atoms with Gasteiger partial charge in [0.15, 0.2) is 5.78 Å². The third kappa shape index (κ3) is 6.18. The summed E-state index contributed by atoms with van der Waals surface area (Å²) in [5.41, 5.74) is 4.51. The van der Waals surface area contributed by atoms with Gasteiger partial charge in [-0.05, 0) is 135 Å². The fourth-order valence-electron chi connectivity index (χ4n) is 12.6. The van der Waals surface area contributed by atoms with E-state index in [1.807, 2.05) is 56.6 Å². The molecule has 63 heavy (non-hydrogen) atoms. The van der Waals surface area contributed by atoms with Crippen LogP contribution >= 0.6 is 0 Å². The molecule has 6 aliphatic rings. The lowest BCUT2D eigenvalue weighted by Gasteiger charge is -2.63. The number of nitrogens with zero attached hydrogens (tertiary/aromatic N) is 2. The number of rotatable bonds is 4. The lowest BCUT2D eigenvalue weighted by atomic mass is 9.49. The number of aromatic amines is 2. The number of pyridine rings is 2. The Labute approximate surface area is 364 Å². The van der Waals surface area contributed by atoms with E-state index in [0.717, 1.165) is 69.8 Å². The Morgan fingerprint density at radius 1 is 0.667 bits per heavy atom. The number of amides is 1. The van der Waals surface area contributed by atoms with Crippen molar-refractivity contribution in [2.75, 3.05) is 27.2 Å². The van der Waals surface area contributed by atoms with Crippen molar-refractivity contribution in [3.8, 4) is 11.5 Å². The molecule has 0 unspecified atom stereocenters. The Balaban J connectivity index is 0.000000153. The number of H-pyrrole nitrogens is 2. The molecule has 0 saturated carbocycles. The average Bonchev–Trinajstić information content (AvgIpc) is 3.24. The molecule has 0 radical (unpaired) electrons. The lowest BCUT2D eigenvalue weighted by molar-refractivity contribution is -0.145. The molecule has 2 saturated heterocycles. The van der Waals surface area contributed by atoms with Crippen LogP contribution in [0.25, 0.3) is 0 Å². The molecule has 11 rings (SSSR count). The second-order valence-electron chi connectivity index (χ2n) is 19.1. The van der Waals surface area contributed by atoms with Crippen molar-refractivity contribution in [1.29, 1.82) is 0 Å². The second kappa shape index (κ2) is 14.6. The van der Waals surface area contributed by atoms with Gasteiger partial charge in [-0.2, -0.15) is 0 Å². The maximum absolute atomic E-state index is 13.0. The quantitative estimate of drug-likeness (QED) is 0.132. The van der Waals surface area contributed by atoms with Gasteiger partial charge in [-0.25, -0.2) is 0 Å². The monoisotopic (exact) mass is 851 g/mol. The van der Waals surface area contributed by atoms with Crippen molar-refractivity contribution in [2.24, 2.45) is 0 Å². The van der Waals surface area contributed by atoms with E-state index in [2.05, 4.69) is 25.1 Å². The summed E-state index contributed by atoms with van der Waals surface area (Å²) in [6, 6.07) is 23.6. The number of hydrogen-bond donors (Lipinski definition) is 7. The third-order valence-electron chi connectivity index (χ3n) is 15.9. The summed E-state index contributed by atoms with van der Waals surface area (Å²) < 4.78 is 0. The minimum atomic E-state index is -1.08. The van der Waals surface area contributed by atoms with Crippen LogP contribution in [-0.2, 0) is 55.9 Å². The highest BCUT2D eigenvalue weighted by molar-refractivity contribution is 5.94. The van der Waals surface area contributed by atoms with E-state index in [1.165, 1.54) is 6.92 Å². The van der Waals surface area contributed by atoms with Gasteiger partial charge in [0.2, 0.25) is 0 Å². The first-order chi connectivity index (χ1) is 30.1. The first-order valence-corrected chi connectivity index (χ1v) is 21.9. The highest BCUT2D eigenvalue weighted by Gasteiger charge is 2.65. The average molecular weight is 852 g/mol. The lowest BCUT2D eigenvalue weighted by Crippen LogP contribution is -2.73. The van der Waals surface area contributed by atoms with Crippen molar-refractivity contribution >= 4 is 11.7 Å². The van der Waals surface area contributed by atoms with Crippen molar-refractivity contribution in [2.45, 2.75) is 99.0 Å². The molecule has 2 aliphatic heterocycles. The molecule has 7 N–H and O–H groups in total. The van der Waals surface area contributed by atoms with Crippen molar-refractivity contribution in [1.82, 2.24) is 25.1 Å². The van der Waals surface area contributed by atoms with Crippen LogP contribution in [0.3, 0.4) is 0 Å². The van der Waals surface area contributed by atoms with Crippen LogP contribution in [0.2, 0.25) is 0 Å². The smallest absolute Gasteiger partial charge is 0.261 e. The molecule has 6 atom stereocenters. The number of benzene rings is 3. The zero-order valence-corrected chi connectivity index (χ0v) is 35.8. The molecule has 13 heteroatoms. The SMILES string of the molecule is CC(=O)c1cc2c([nH]c1=O)C[C@]13CCN(C)[C@H](Cc4ccc(O)cc41)[C@]3(O)C2.CN1CC[C@]23Cc4[nH]c(=O)c(C(=O)NCc5ccccc5)cc4C[C@@]2(O)[C@H]1Cc1ccc(O)cc13. The summed E-state index contributed by atoms with van der Waals surface area (Å²) in [5, 5.41) is 47.7. The number of hydrogen-bond acceptors (Lipinski definition) is 10. The predicted molar refractivity (Wildman–Crippen MR) is 236 cm³/mol. The zero-order chi connectivity index (χ0) is 44.2. The van der Waals surface area contributed by atoms with Crippen LogP contribution in [0.4, 0.5) is 0 Å². The van der Waals surface area contributed by atoms with Crippen LogP contribution in [-0.4, -0.2) is 102 Å². The summed E-state index contributed by atoms with van der Waals surface area (Å²) in [7, 11) is 4.09. The highest BCUT2D eigenvalue weighted by Crippen LogP contribution is 2.58. The number of ketones is 1. The molecule has 4 bridgehead atoms. The van der Waals surface area contributed by atoms with Gasteiger partial charge in [0.25, 0.3) is 17.0 Å². The topological polar surface area (TPSA) is 199 Å². The molecule has 4 aliphatic carbocycles.